The van der Waals surface area contributed by atoms with E-state index in [0.717, 1.165) is 6.42 Å². The van der Waals surface area contributed by atoms with Crippen LogP contribution in [0.25, 0.3) is 0 Å². The zero-order chi connectivity index (χ0) is 13.5. The third-order valence-corrected chi connectivity index (χ3v) is 3.15. The molecular weight excluding hydrogens is 236 g/mol. The topological polar surface area (TPSA) is 97.3 Å². The van der Waals surface area contributed by atoms with E-state index in [1.54, 1.807) is 20.8 Å². The Morgan fingerprint density at radius 3 is 2.56 bits per heavy atom. The van der Waals surface area contributed by atoms with Crippen molar-refractivity contribution in [1.29, 1.82) is 0 Å². The van der Waals surface area contributed by atoms with Gasteiger partial charge in [-0.25, -0.2) is 4.79 Å². The summed E-state index contributed by atoms with van der Waals surface area (Å²) in [6.45, 7) is 5.38. The molecule has 7 heteroatoms. The number of nitrogens with two attached hydrogens (primary N) is 1. The highest BCUT2D eigenvalue weighted by Crippen LogP contribution is 2.48. The van der Waals surface area contributed by atoms with Crippen molar-refractivity contribution in [1.82, 2.24) is 4.90 Å². The van der Waals surface area contributed by atoms with Gasteiger partial charge in [-0.05, 0) is 39.5 Å². The molecule has 2 amide bonds. The predicted molar refractivity (Wildman–Crippen MR) is 62.4 cm³/mol. The number of rotatable bonds is 1. The van der Waals surface area contributed by atoms with Crippen molar-refractivity contribution < 1.29 is 14.3 Å². The van der Waals surface area contributed by atoms with E-state index in [1.807, 2.05) is 0 Å². The predicted octanol–water partition coefficient (Wildman–Crippen LogP) is 1.24. The van der Waals surface area contributed by atoms with E-state index in [4.69, 9.17) is 10.6 Å². The maximum absolute atomic E-state index is 12.1. The summed E-state index contributed by atoms with van der Waals surface area (Å²) in [6, 6.07) is -0.460. The van der Waals surface area contributed by atoms with Crippen molar-refractivity contribution in [2.24, 2.45) is 22.1 Å². The van der Waals surface area contributed by atoms with Crippen molar-refractivity contribution in [3.63, 3.8) is 0 Å². The molecule has 0 spiro atoms. The lowest BCUT2D eigenvalue weighted by Crippen LogP contribution is -2.45. The Kier molecular flexibility index (Phi) is 3.00. The lowest BCUT2D eigenvalue weighted by molar-refractivity contribution is -0.123. The highest BCUT2D eigenvalue weighted by atomic mass is 16.6. The van der Waals surface area contributed by atoms with Crippen LogP contribution in [0.4, 0.5) is 4.79 Å². The Morgan fingerprint density at radius 2 is 2.00 bits per heavy atom. The maximum atomic E-state index is 12.1. The Morgan fingerprint density at radius 1 is 1.33 bits per heavy atom. The number of ether oxygens (including phenoxy) is 1. The van der Waals surface area contributed by atoms with Gasteiger partial charge in [-0.15, -0.1) is 0 Å². The first-order valence-corrected chi connectivity index (χ1v) is 5.99. The van der Waals surface area contributed by atoms with E-state index in [1.165, 1.54) is 4.90 Å². The minimum atomic E-state index is -0.576. The van der Waals surface area contributed by atoms with Gasteiger partial charge in [-0.3, -0.25) is 9.69 Å². The van der Waals surface area contributed by atoms with Crippen LogP contribution in [0.1, 0.15) is 33.6 Å². The molecule has 3 atom stereocenters. The minimum Gasteiger partial charge on any atom is -0.444 e. The van der Waals surface area contributed by atoms with Gasteiger partial charge in [0.05, 0.1) is 0 Å². The Balaban J connectivity index is 2.09. The number of carbonyl (C=O) groups excluding carboxylic acids is 2. The van der Waals surface area contributed by atoms with Gasteiger partial charge in [0.15, 0.2) is 0 Å². The smallest absolute Gasteiger partial charge is 0.411 e. The molecule has 0 unspecified atom stereocenters. The fourth-order valence-corrected chi connectivity index (χ4v) is 2.38. The van der Waals surface area contributed by atoms with Gasteiger partial charge >= 0.3 is 6.09 Å². The number of hydrogen-bond donors (Lipinski definition) is 1. The first kappa shape index (κ1) is 12.8. The van der Waals surface area contributed by atoms with Crippen molar-refractivity contribution in [3.05, 3.63) is 0 Å². The van der Waals surface area contributed by atoms with Crippen molar-refractivity contribution >= 4 is 12.0 Å². The molecule has 1 saturated heterocycles. The molecule has 1 aliphatic carbocycles. The van der Waals surface area contributed by atoms with E-state index >= 15 is 0 Å². The zero-order valence-corrected chi connectivity index (χ0v) is 10.8. The third-order valence-electron chi connectivity index (χ3n) is 3.15. The number of piperidine rings is 1. The highest BCUT2D eigenvalue weighted by Gasteiger charge is 2.57. The normalized spacial score (nSPS) is 30.4. The van der Waals surface area contributed by atoms with Crippen LogP contribution in [0.2, 0.25) is 0 Å². The largest absolute Gasteiger partial charge is 0.444 e. The molecule has 0 aromatic rings. The number of likely N-dealkylation sites (tertiary alicyclic amines) is 1. The molecule has 7 nitrogen and oxygen atoms in total. The summed E-state index contributed by atoms with van der Waals surface area (Å²) in [6.07, 6.45) is 1.10. The second-order valence-corrected chi connectivity index (χ2v) is 5.76. The number of fused-ring (bicyclic) bond motifs is 1. The van der Waals surface area contributed by atoms with Crippen LogP contribution in [-0.4, -0.2) is 34.6 Å². The number of carbonyl (C=O) groups is 2. The molecule has 2 aliphatic rings. The monoisotopic (exact) mass is 254 g/mol. The molecule has 100 valence electrons. The van der Waals surface area contributed by atoms with E-state index in [0.29, 0.717) is 12.3 Å². The lowest BCUT2D eigenvalue weighted by Gasteiger charge is -2.28. The van der Waals surface area contributed by atoms with Crippen LogP contribution in [0.5, 0.6) is 0 Å². The summed E-state index contributed by atoms with van der Waals surface area (Å²) < 4.78 is 5.31. The summed E-state index contributed by atoms with van der Waals surface area (Å²) in [5, 5.41) is 6.29. The number of hydrogen-bond acceptors (Lipinski definition) is 4. The number of nitrogens with zero attached hydrogens (tertiary/aromatic N) is 3. The van der Waals surface area contributed by atoms with Crippen LogP contribution >= 0.6 is 0 Å². The first-order valence-electron chi connectivity index (χ1n) is 5.99. The average Bonchev–Trinajstić information content (AvgIpc) is 2.86. The van der Waals surface area contributed by atoms with E-state index in [9.17, 15) is 9.59 Å². The quantitative estimate of drug-likeness (QED) is 0.432. The molecule has 18 heavy (non-hydrogen) atoms. The Bertz CT molecular complexity index is 402. The molecule has 2 fully saturated rings. The van der Waals surface area contributed by atoms with Gasteiger partial charge in [0.2, 0.25) is 0 Å². The standard InChI is InChI=1S/C11H18N4O3/c1-11(2,3)18-10(17)15-7-4-6(7)5-8(15)9(16)13-14-12/h6-8H,4-5H2,1-3H3,(H2,12,13,16)/t6-,7-,8-/m0/s1. The van der Waals surface area contributed by atoms with Crippen LogP contribution in [0.3, 0.4) is 0 Å². The van der Waals surface area contributed by atoms with Crippen LogP contribution < -0.4 is 5.84 Å². The summed E-state index contributed by atoms with van der Waals surface area (Å²) in [5.74, 6) is 4.78. The minimum absolute atomic E-state index is 0.113. The fraction of sp³-hybridized carbons (Fsp3) is 0.818. The summed E-state index contributed by atoms with van der Waals surface area (Å²) in [4.78, 5) is 25.3. The summed E-state index contributed by atoms with van der Waals surface area (Å²) in [5.41, 5.74) is -0.576. The molecule has 1 aliphatic heterocycles. The second kappa shape index (κ2) is 4.22. The molecule has 0 radical (unpaired) electrons. The summed E-state index contributed by atoms with van der Waals surface area (Å²) in [7, 11) is 0. The van der Waals surface area contributed by atoms with Gasteiger partial charge in [0.25, 0.3) is 5.91 Å². The van der Waals surface area contributed by atoms with Crippen molar-refractivity contribution in [2.75, 3.05) is 0 Å². The third kappa shape index (κ3) is 2.44. The molecule has 2 N–H and O–H groups in total. The van der Waals surface area contributed by atoms with Gasteiger partial charge in [-0.2, -0.15) is 0 Å². The fourth-order valence-electron chi connectivity index (χ4n) is 2.38. The van der Waals surface area contributed by atoms with E-state index < -0.39 is 23.6 Å². The number of amides is 2. The van der Waals surface area contributed by atoms with Gasteiger partial charge in [0, 0.05) is 6.04 Å². The van der Waals surface area contributed by atoms with Crippen LogP contribution in [-0.2, 0) is 9.53 Å². The van der Waals surface area contributed by atoms with Gasteiger partial charge < -0.3 is 10.6 Å². The van der Waals surface area contributed by atoms with E-state index in [2.05, 4.69) is 10.3 Å². The first-order chi connectivity index (χ1) is 8.33. The SMILES string of the molecule is CC(C)(C)OC(=O)N1[C@H](C(=O)N=NN)C[C@@H]2C[C@@H]21. The Hall–Kier alpha value is -1.66. The Labute approximate surface area is 105 Å². The maximum Gasteiger partial charge on any atom is 0.411 e. The zero-order valence-electron chi connectivity index (χ0n) is 10.8. The second-order valence-electron chi connectivity index (χ2n) is 5.76. The lowest BCUT2D eigenvalue weighted by atomic mass is 10.1. The molecule has 0 aromatic heterocycles. The van der Waals surface area contributed by atoms with E-state index in [-0.39, 0.29) is 6.04 Å². The van der Waals surface area contributed by atoms with Crippen molar-refractivity contribution in [2.45, 2.75) is 51.3 Å². The van der Waals surface area contributed by atoms with Crippen molar-refractivity contribution in [3.8, 4) is 0 Å². The summed E-state index contributed by atoms with van der Waals surface area (Å²) >= 11 is 0. The van der Waals surface area contributed by atoms with Gasteiger partial charge in [-0.1, -0.05) is 10.3 Å². The molecular formula is C11H18N4O3. The molecule has 2 rings (SSSR count). The molecule has 1 heterocycles. The molecule has 1 saturated carbocycles. The van der Waals surface area contributed by atoms with Crippen LogP contribution in [0, 0.1) is 5.92 Å². The highest BCUT2D eigenvalue weighted by molar-refractivity contribution is 5.87. The molecule has 0 aromatic carbocycles. The van der Waals surface area contributed by atoms with Gasteiger partial charge in [0.1, 0.15) is 11.6 Å². The van der Waals surface area contributed by atoms with Crippen LogP contribution in [0.15, 0.2) is 10.3 Å². The molecule has 0 bridgehead atoms. The average molecular weight is 254 g/mol.